The Morgan fingerprint density at radius 3 is 2.36 bits per heavy atom. The van der Waals surface area contributed by atoms with Crippen molar-refractivity contribution in [2.75, 3.05) is 0 Å². The number of hydrogen-bond acceptors (Lipinski definition) is 2. The van der Waals surface area contributed by atoms with Gasteiger partial charge in [0.1, 0.15) is 0 Å². The molecular weight excluding hydrogens is 174 g/mol. The molecule has 0 spiro atoms. The van der Waals surface area contributed by atoms with Crippen molar-refractivity contribution in [3.05, 3.63) is 0 Å². The van der Waals surface area contributed by atoms with E-state index < -0.39 is 0 Å². The lowest BCUT2D eigenvalue weighted by Gasteiger charge is -2.34. The lowest BCUT2D eigenvalue weighted by molar-refractivity contribution is 0.152. The van der Waals surface area contributed by atoms with Gasteiger partial charge in [-0.15, -0.1) is 0 Å². The molecule has 2 nitrogen and oxygen atoms in total. The molecule has 0 aromatic carbocycles. The van der Waals surface area contributed by atoms with E-state index in [1.807, 2.05) is 6.92 Å². The zero-order chi connectivity index (χ0) is 10.6. The zero-order valence-corrected chi connectivity index (χ0v) is 9.67. The van der Waals surface area contributed by atoms with Gasteiger partial charge in [0.25, 0.3) is 0 Å². The topological polar surface area (TPSA) is 32.6 Å². The van der Waals surface area contributed by atoms with E-state index in [9.17, 15) is 0 Å². The Bertz CT molecular complexity index is 279. The third-order valence-corrected chi connectivity index (χ3v) is 5.34. The first-order valence-corrected chi connectivity index (χ1v) is 5.61. The van der Waals surface area contributed by atoms with E-state index in [-0.39, 0.29) is 0 Å². The van der Waals surface area contributed by atoms with Gasteiger partial charge in [0, 0.05) is 5.92 Å². The fraction of sp³-hybridized carbons (Fsp3) is 0.917. The van der Waals surface area contributed by atoms with Gasteiger partial charge in [0.15, 0.2) is 0 Å². The van der Waals surface area contributed by atoms with Crippen LogP contribution in [0.15, 0.2) is 5.16 Å². The van der Waals surface area contributed by atoms with Gasteiger partial charge in [-0.05, 0) is 42.9 Å². The molecule has 0 aromatic heterocycles. The summed E-state index contributed by atoms with van der Waals surface area (Å²) in [5.74, 6) is 1.25. The Morgan fingerprint density at radius 1 is 1.36 bits per heavy atom. The Balaban J connectivity index is 2.32. The summed E-state index contributed by atoms with van der Waals surface area (Å²) in [4.78, 5) is 0. The van der Waals surface area contributed by atoms with Crippen LogP contribution in [0, 0.1) is 22.7 Å². The van der Waals surface area contributed by atoms with E-state index in [0.29, 0.717) is 16.7 Å². The second-order valence-corrected chi connectivity index (χ2v) is 5.98. The van der Waals surface area contributed by atoms with Crippen LogP contribution in [0.2, 0.25) is 0 Å². The van der Waals surface area contributed by atoms with Crippen LogP contribution in [0.1, 0.15) is 47.0 Å². The number of fused-ring (bicyclic) bond motifs is 2. The maximum atomic E-state index is 8.87. The molecule has 3 atom stereocenters. The smallest absolute Gasteiger partial charge is 0.0574 e. The summed E-state index contributed by atoms with van der Waals surface area (Å²) in [7, 11) is 0. The molecule has 0 radical (unpaired) electrons. The van der Waals surface area contributed by atoms with E-state index >= 15 is 0 Å². The minimum atomic E-state index is 0.420. The predicted molar refractivity (Wildman–Crippen MR) is 57.6 cm³/mol. The van der Waals surface area contributed by atoms with Crippen molar-refractivity contribution in [1.82, 2.24) is 0 Å². The fourth-order valence-corrected chi connectivity index (χ4v) is 3.81. The molecule has 2 saturated carbocycles. The highest BCUT2D eigenvalue weighted by molar-refractivity contribution is 5.84. The van der Waals surface area contributed by atoms with Crippen LogP contribution < -0.4 is 0 Å². The highest BCUT2D eigenvalue weighted by Crippen LogP contribution is 2.67. The van der Waals surface area contributed by atoms with Gasteiger partial charge < -0.3 is 5.21 Å². The molecule has 80 valence electrons. The van der Waals surface area contributed by atoms with Gasteiger partial charge in [-0.3, -0.25) is 0 Å². The summed E-state index contributed by atoms with van der Waals surface area (Å²) in [5.41, 5.74) is 1.82. The van der Waals surface area contributed by atoms with Crippen LogP contribution in [0.3, 0.4) is 0 Å². The first kappa shape index (κ1) is 10.0. The molecule has 0 heterocycles. The highest BCUT2D eigenvalue weighted by Gasteiger charge is 2.60. The van der Waals surface area contributed by atoms with Crippen LogP contribution in [-0.4, -0.2) is 10.9 Å². The largest absolute Gasteiger partial charge is 0.411 e. The molecule has 0 amide bonds. The summed E-state index contributed by atoms with van der Waals surface area (Å²) in [6.07, 6.45) is 3.86. The average molecular weight is 195 g/mol. The Hall–Kier alpha value is -0.530. The van der Waals surface area contributed by atoms with Gasteiger partial charge in [0.2, 0.25) is 0 Å². The van der Waals surface area contributed by atoms with Crippen molar-refractivity contribution in [1.29, 1.82) is 0 Å². The van der Waals surface area contributed by atoms with Crippen LogP contribution in [-0.2, 0) is 0 Å². The van der Waals surface area contributed by atoms with Crippen molar-refractivity contribution in [3.63, 3.8) is 0 Å². The molecule has 0 aliphatic heterocycles. The minimum Gasteiger partial charge on any atom is -0.411 e. The molecule has 2 rings (SSSR count). The van der Waals surface area contributed by atoms with Crippen molar-refractivity contribution >= 4 is 5.71 Å². The predicted octanol–water partition coefficient (Wildman–Crippen LogP) is 3.30. The normalized spacial score (nSPS) is 45.9. The molecule has 2 fully saturated rings. The van der Waals surface area contributed by atoms with Crippen molar-refractivity contribution in [2.45, 2.75) is 47.0 Å². The molecule has 14 heavy (non-hydrogen) atoms. The number of hydrogen-bond donors (Lipinski definition) is 1. The van der Waals surface area contributed by atoms with Gasteiger partial charge in [-0.1, -0.05) is 25.9 Å². The molecule has 2 aliphatic carbocycles. The van der Waals surface area contributed by atoms with Crippen molar-refractivity contribution < 1.29 is 5.21 Å². The summed E-state index contributed by atoms with van der Waals surface area (Å²) in [6, 6.07) is 0. The second kappa shape index (κ2) is 2.74. The Kier molecular flexibility index (Phi) is 1.96. The zero-order valence-electron chi connectivity index (χ0n) is 9.67. The average Bonchev–Trinajstić information content (AvgIpc) is 2.47. The Labute approximate surface area is 86.4 Å². The Morgan fingerprint density at radius 2 is 2.00 bits per heavy atom. The summed E-state index contributed by atoms with van der Waals surface area (Å²) < 4.78 is 0. The summed E-state index contributed by atoms with van der Waals surface area (Å²) in [6.45, 7) is 9.13. The van der Waals surface area contributed by atoms with Crippen LogP contribution in [0.25, 0.3) is 0 Å². The molecule has 2 heteroatoms. The first-order valence-electron chi connectivity index (χ1n) is 5.61. The van der Waals surface area contributed by atoms with Crippen LogP contribution in [0.5, 0.6) is 0 Å². The maximum absolute atomic E-state index is 8.87. The summed E-state index contributed by atoms with van der Waals surface area (Å²) >= 11 is 0. The molecule has 0 saturated heterocycles. The van der Waals surface area contributed by atoms with Crippen molar-refractivity contribution in [2.24, 2.45) is 27.8 Å². The number of nitrogens with zero attached hydrogens (tertiary/aromatic N) is 1. The molecule has 2 bridgehead atoms. The number of rotatable bonds is 1. The van der Waals surface area contributed by atoms with E-state index in [2.05, 4.69) is 25.9 Å². The lowest BCUT2D eigenvalue weighted by Crippen LogP contribution is -2.26. The van der Waals surface area contributed by atoms with E-state index in [1.54, 1.807) is 0 Å². The molecule has 0 aromatic rings. The quantitative estimate of drug-likeness (QED) is 0.388. The van der Waals surface area contributed by atoms with E-state index in [4.69, 9.17) is 5.21 Å². The van der Waals surface area contributed by atoms with Gasteiger partial charge >= 0.3 is 0 Å². The van der Waals surface area contributed by atoms with Crippen LogP contribution in [0.4, 0.5) is 0 Å². The standard InChI is InChI=1S/C12H21NO/c1-8(13-14)9-7-12(4)6-5-10(9)11(12,2)3/h9-10,14H,5-7H2,1-4H3/t9-,10+,12+/m0/s1. The molecular formula is C12H21NO. The van der Waals surface area contributed by atoms with E-state index in [0.717, 1.165) is 11.6 Å². The molecule has 0 unspecified atom stereocenters. The monoisotopic (exact) mass is 195 g/mol. The number of oxime groups is 1. The fourth-order valence-electron chi connectivity index (χ4n) is 3.81. The van der Waals surface area contributed by atoms with Crippen LogP contribution >= 0.6 is 0 Å². The molecule has 1 N–H and O–H groups in total. The van der Waals surface area contributed by atoms with Crippen molar-refractivity contribution in [3.8, 4) is 0 Å². The minimum absolute atomic E-state index is 0.420. The van der Waals surface area contributed by atoms with Gasteiger partial charge in [-0.2, -0.15) is 0 Å². The highest BCUT2D eigenvalue weighted by atomic mass is 16.4. The van der Waals surface area contributed by atoms with E-state index in [1.165, 1.54) is 19.3 Å². The third kappa shape index (κ3) is 0.999. The lowest BCUT2D eigenvalue weighted by atomic mass is 9.71. The maximum Gasteiger partial charge on any atom is 0.0574 e. The first-order chi connectivity index (χ1) is 6.42. The molecule has 2 aliphatic rings. The second-order valence-electron chi connectivity index (χ2n) is 5.98. The van der Waals surface area contributed by atoms with Gasteiger partial charge in [0.05, 0.1) is 5.71 Å². The SMILES string of the molecule is CC(=NO)[C@@H]1C[C@@]2(C)CC[C@H]1C2(C)C. The summed E-state index contributed by atoms with van der Waals surface area (Å²) in [5, 5.41) is 12.3. The third-order valence-electron chi connectivity index (χ3n) is 5.34. The van der Waals surface area contributed by atoms with Gasteiger partial charge in [-0.25, -0.2) is 0 Å².